The van der Waals surface area contributed by atoms with E-state index in [1.54, 1.807) is 4.68 Å². The standard InChI is InChI=1S/C10H10N6S/c1-6-7(3-16(2)15-6)8-4-17-10(13-8)9-11-5-12-14-9/h3-5H,1-2H3,(H,11,12,14). The molecule has 0 amide bonds. The van der Waals surface area contributed by atoms with Gasteiger partial charge in [0.15, 0.2) is 10.8 Å². The number of aromatic amines is 1. The van der Waals surface area contributed by atoms with E-state index in [2.05, 4.69) is 25.3 Å². The summed E-state index contributed by atoms with van der Waals surface area (Å²) < 4.78 is 1.79. The molecule has 0 spiro atoms. The highest BCUT2D eigenvalue weighted by Gasteiger charge is 2.12. The second-order valence-corrected chi connectivity index (χ2v) is 4.53. The van der Waals surface area contributed by atoms with Crippen molar-refractivity contribution < 1.29 is 0 Å². The fourth-order valence-corrected chi connectivity index (χ4v) is 2.43. The van der Waals surface area contributed by atoms with Gasteiger partial charge in [0.2, 0.25) is 0 Å². The van der Waals surface area contributed by atoms with Gasteiger partial charge in [-0.1, -0.05) is 0 Å². The van der Waals surface area contributed by atoms with Gasteiger partial charge in [-0.2, -0.15) is 10.2 Å². The molecule has 1 N–H and O–H groups in total. The quantitative estimate of drug-likeness (QED) is 0.746. The van der Waals surface area contributed by atoms with E-state index >= 15 is 0 Å². The summed E-state index contributed by atoms with van der Waals surface area (Å²) in [6, 6.07) is 0. The van der Waals surface area contributed by atoms with E-state index in [1.165, 1.54) is 17.7 Å². The van der Waals surface area contributed by atoms with E-state index in [0.717, 1.165) is 22.0 Å². The number of H-pyrrole nitrogens is 1. The molecule has 3 rings (SSSR count). The summed E-state index contributed by atoms with van der Waals surface area (Å²) in [5.41, 5.74) is 2.95. The molecule has 0 radical (unpaired) electrons. The lowest BCUT2D eigenvalue weighted by molar-refractivity contribution is 0.756. The summed E-state index contributed by atoms with van der Waals surface area (Å²) in [5, 5.41) is 13.8. The maximum Gasteiger partial charge on any atom is 0.184 e. The van der Waals surface area contributed by atoms with Gasteiger partial charge in [-0.05, 0) is 6.92 Å². The third-order valence-corrected chi connectivity index (χ3v) is 3.26. The molecular weight excluding hydrogens is 236 g/mol. The van der Waals surface area contributed by atoms with Crippen molar-refractivity contribution in [3.8, 4) is 22.1 Å². The number of nitrogens with zero attached hydrogens (tertiary/aromatic N) is 5. The first-order valence-electron chi connectivity index (χ1n) is 5.06. The summed E-state index contributed by atoms with van der Waals surface area (Å²) in [6.45, 7) is 1.98. The van der Waals surface area contributed by atoms with Gasteiger partial charge in [0, 0.05) is 24.2 Å². The van der Waals surface area contributed by atoms with E-state index in [9.17, 15) is 0 Å². The lowest BCUT2D eigenvalue weighted by Crippen LogP contribution is -1.86. The van der Waals surface area contributed by atoms with Crippen molar-refractivity contribution in [1.29, 1.82) is 0 Å². The van der Waals surface area contributed by atoms with Gasteiger partial charge >= 0.3 is 0 Å². The monoisotopic (exact) mass is 246 g/mol. The smallest absolute Gasteiger partial charge is 0.184 e. The van der Waals surface area contributed by atoms with Crippen LogP contribution in [0.4, 0.5) is 0 Å². The molecule has 86 valence electrons. The van der Waals surface area contributed by atoms with Crippen molar-refractivity contribution in [3.05, 3.63) is 23.6 Å². The SMILES string of the molecule is Cc1nn(C)cc1-c1csc(-c2ncn[nH]2)n1. The van der Waals surface area contributed by atoms with E-state index in [0.29, 0.717) is 5.82 Å². The Morgan fingerprint density at radius 2 is 2.29 bits per heavy atom. The predicted molar refractivity (Wildman–Crippen MR) is 64.4 cm³/mol. The Bertz CT molecular complexity index is 636. The number of hydrogen-bond donors (Lipinski definition) is 1. The number of nitrogens with one attached hydrogen (secondary N) is 1. The predicted octanol–water partition coefficient (Wildman–Crippen LogP) is 1.64. The van der Waals surface area contributed by atoms with Crippen LogP contribution in [0.25, 0.3) is 22.1 Å². The minimum absolute atomic E-state index is 0.697. The van der Waals surface area contributed by atoms with Crippen LogP contribution in [0.15, 0.2) is 17.9 Å². The first kappa shape index (κ1) is 10.2. The van der Waals surface area contributed by atoms with Crippen LogP contribution >= 0.6 is 11.3 Å². The molecule has 6 nitrogen and oxygen atoms in total. The topological polar surface area (TPSA) is 72.3 Å². The molecule has 0 bridgehead atoms. The van der Waals surface area contributed by atoms with E-state index in [1.807, 2.05) is 25.5 Å². The number of thiazole rings is 1. The molecule has 0 atom stereocenters. The maximum absolute atomic E-state index is 4.53. The first-order valence-corrected chi connectivity index (χ1v) is 5.94. The highest BCUT2D eigenvalue weighted by Crippen LogP contribution is 2.27. The average molecular weight is 246 g/mol. The summed E-state index contributed by atoms with van der Waals surface area (Å²) >= 11 is 1.54. The molecule has 0 fully saturated rings. The molecule has 7 heteroatoms. The second-order valence-electron chi connectivity index (χ2n) is 3.67. The Hall–Kier alpha value is -2.02. The average Bonchev–Trinajstić information content (AvgIpc) is 2.97. The highest BCUT2D eigenvalue weighted by molar-refractivity contribution is 7.13. The summed E-state index contributed by atoms with van der Waals surface area (Å²) in [4.78, 5) is 8.61. The number of aryl methyl sites for hydroxylation is 2. The van der Waals surface area contributed by atoms with Crippen molar-refractivity contribution in [3.63, 3.8) is 0 Å². The Kier molecular flexibility index (Phi) is 2.25. The van der Waals surface area contributed by atoms with Gasteiger partial charge in [0.05, 0.1) is 11.4 Å². The zero-order valence-corrected chi connectivity index (χ0v) is 10.2. The fourth-order valence-electron chi connectivity index (χ4n) is 1.67. The number of aromatic nitrogens is 6. The Balaban J connectivity index is 2.03. The molecule has 0 unspecified atom stereocenters. The third kappa shape index (κ3) is 1.74. The van der Waals surface area contributed by atoms with E-state index < -0.39 is 0 Å². The fraction of sp³-hybridized carbons (Fsp3) is 0.200. The highest BCUT2D eigenvalue weighted by atomic mass is 32.1. The molecule has 0 aromatic carbocycles. The zero-order valence-electron chi connectivity index (χ0n) is 9.38. The second kappa shape index (κ2) is 3.77. The van der Waals surface area contributed by atoms with Crippen LogP contribution in [0.1, 0.15) is 5.69 Å². The molecule has 3 aromatic rings. The minimum Gasteiger partial charge on any atom is -0.275 e. The van der Waals surface area contributed by atoms with Crippen LogP contribution in [0.3, 0.4) is 0 Å². The normalized spacial score (nSPS) is 10.9. The van der Waals surface area contributed by atoms with Crippen LogP contribution in [0.2, 0.25) is 0 Å². The maximum atomic E-state index is 4.53. The number of rotatable bonds is 2. The minimum atomic E-state index is 0.697. The van der Waals surface area contributed by atoms with Gasteiger partial charge in [-0.25, -0.2) is 9.97 Å². The summed E-state index contributed by atoms with van der Waals surface area (Å²) in [5.74, 6) is 0.697. The molecule has 17 heavy (non-hydrogen) atoms. The van der Waals surface area contributed by atoms with Crippen molar-refractivity contribution in [2.45, 2.75) is 6.92 Å². The number of hydrogen-bond acceptors (Lipinski definition) is 5. The van der Waals surface area contributed by atoms with Crippen molar-refractivity contribution in [2.75, 3.05) is 0 Å². The zero-order chi connectivity index (χ0) is 11.8. The van der Waals surface area contributed by atoms with Crippen molar-refractivity contribution in [2.24, 2.45) is 7.05 Å². The molecule has 0 saturated heterocycles. The van der Waals surface area contributed by atoms with Gasteiger partial charge in [-0.15, -0.1) is 11.3 Å². The first-order chi connectivity index (χ1) is 8.24. The molecule has 0 aliphatic carbocycles. The van der Waals surface area contributed by atoms with Gasteiger partial charge in [-0.3, -0.25) is 9.78 Å². The molecule has 3 aromatic heterocycles. The van der Waals surface area contributed by atoms with E-state index in [-0.39, 0.29) is 0 Å². The summed E-state index contributed by atoms with van der Waals surface area (Å²) in [7, 11) is 1.90. The van der Waals surface area contributed by atoms with Gasteiger partial charge in [0.25, 0.3) is 0 Å². The lowest BCUT2D eigenvalue weighted by Gasteiger charge is -1.90. The largest absolute Gasteiger partial charge is 0.275 e. The van der Waals surface area contributed by atoms with E-state index in [4.69, 9.17) is 0 Å². The molecule has 0 saturated carbocycles. The molecule has 0 aliphatic heterocycles. The lowest BCUT2D eigenvalue weighted by atomic mass is 10.2. The molecular formula is C10H10N6S. The molecule has 0 aliphatic rings. The van der Waals surface area contributed by atoms with Gasteiger partial charge in [0.1, 0.15) is 6.33 Å². The molecule has 3 heterocycles. The Morgan fingerprint density at radius 1 is 1.41 bits per heavy atom. The Morgan fingerprint density at radius 3 is 2.94 bits per heavy atom. The van der Waals surface area contributed by atoms with Crippen molar-refractivity contribution >= 4 is 11.3 Å². The Labute approximate surface area is 101 Å². The van der Waals surface area contributed by atoms with Crippen LogP contribution in [0.5, 0.6) is 0 Å². The van der Waals surface area contributed by atoms with Crippen LogP contribution in [-0.2, 0) is 7.05 Å². The summed E-state index contributed by atoms with van der Waals surface area (Å²) in [6.07, 6.45) is 3.44. The van der Waals surface area contributed by atoms with Gasteiger partial charge < -0.3 is 0 Å². The third-order valence-electron chi connectivity index (χ3n) is 2.41. The van der Waals surface area contributed by atoms with Crippen molar-refractivity contribution in [1.82, 2.24) is 29.9 Å². The van der Waals surface area contributed by atoms with Crippen LogP contribution < -0.4 is 0 Å². The van der Waals surface area contributed by atoms with Crippen LogP contribution in [0, 0.1) is 6.92 Å². The van der Waals surface area contributed by atoms with Crippen LogP contribution in [-0.4, -0.2) is 29.9 Å².